The van der Waals surface area contributed by atoms with Crippen LogP contribution in [0, 0.1) is 5.92 Å². The van der Waals surface area contributed by atoms with Crippen LogP contribution < -0.4 is 0 Å². The molecule has 1 unspecified atom stereocenters. The van der Waals surface area contributed by atoms with E-state index in [0.29, 0.717) is 6.54 Å². The number of hydrogen-bond donors (Lipinski definition) is 1. The summed E-state index contributed by atoms with van der Waals surface area (Å²) in [6, 6.07) is 21.0. The van der Waals surface area contributed by atoms with Gasteiger partial charge in [0.2, 0.25) is 0 Å². The summed E-state index contributed by atoms with van der Waals surface area (Å²) in [5, 5.41) is 11.5. The molecular formula is C22H24ClNO2. The fourth-order valence-corrected chi connectivity index (χ4v) is 3.20. The van der Waals surface area contributed by atoms with Gasteiger partial charge in [-0.15, -0.1) is 12.4 Å². The molecule has 0 aromatic heterocycles. The number of Topliss-reactive ketones (excluding diaryl/α,β-unsaturated/α-hetero) is 1. The van der Waals surface area contributed by atoms with Gasteiger partial charge >= 0.3 is 0 Å². The van der Waals surface area contributed by atoms with Gasteiger partial charge in [-0.05, 0) is 55.1 Å². The Morgan fingerprint density at radius 3 is 2.31 bits per heavy atom. The fourth-order valence-electron chi connectivity index (χ4n) is 3.20. The molecule has 0 saturated heterocycles. The minimum Gasteiger partial charge on any atom is -0.508 e. The normalized spacial score (nSPS) is 12.0. The van der Waals surface area contributed by atoms with E-state index in [9.17, 15) is 9.90 Å². The number of carbonyl (C=O) groups excluding carboxylic acids is 1. The number of nitrogens with zero attached hydrogens (tertiary/aromatic N) is 1. The summed E-state index contributed by atoms with van der Waals surface area (Å²) in [7, 11) is 3.99. The van der Waals surface area contributed by atoms with Gasteiger partial charge in [0.15, 0.2) is 5.78 Å². The molecule has 0 spiro atoms. The van der Waals surface area contributed by atoms with Crippen LogP contribution in [0.3, 0.4) is 0 Å². The van der Waals surface area contributed by atoms with Crippen LogP contribution in [-0.2, 0) is 6.42 Å². The number of rotatable bonds is 6. The first-order valence-electron chi connectivity index (χ1n) is 8.48. The third kappa shape index (κ3) is 4.84. The second kappa shape index (κ2) is 8.84. The summed E-state index contributed by atoms with van der Waals surface area (Å²) < 4.78 is 0. The van der Waals surface area contributed by atoms with Crippen molar-refractivity contribution in [1.29, 1.82) is 0 Å². The van der Waals surface area contributed by atoms with Crippen molar-refractivity contribution in [3.63, 3.8) is 0 Å². The van der Waals surface area contributed by atoms with E-state index in [1.807, 2.05) is 56.6 Å². The third-order valence-electron chi connectivity index (χ3n) is 4.39. The number of fused-ring (bicyclic) bond motifs is 1. The summed E-state index contributed by atoms with van der Waals surface area (Å²) in [5.41, 5.74) is 1.90. The van der Waals surface area contributed by atoms with Gasteiger partial charge in [0, 0.05) is 18.0 Å². The Hall–Kier alpha value is -2.36. The van der Waals surface area contributed by atoms with Crippen LogP contribution in [0.1, 0.15) is 15.9 Å². The Labute approximate surface area is 160 Å². The molecule has 3 aromatic carbocycles. The monoisotopic (exact) mass is 369 g/mol. The van der Waals surface area contributed by atoms with Gasteiger partial charge in [-0.25, -0.2) is 0 Å². The van der Waals surface area contributed by atoms with Crippen molar-refractivity contribution in [3.8, 4) is 5.75 Å². The topological polar surface area (TPSA) is 40.5 Å². The van der Waals surface area contributed by atoms with Crippen molar-refractivity contribution >= 4 is 29.0 Å². The maximum atomic E-state index is 13.1. The highest BCUT2D eigenvalue weighted by Crippen LogP contribution is 2.23. The lowest BCUT2D eigenvalue weighted by Crippen LogP contribution is -2.29. The van der Waals surface area contributed by atoms with Crippen LogP contribution in [0.25, 0.3) is 10.8 Å². The van der Waals surface area contributed by atoms with E-state index >= 15 is 0 Å². The van der Waals surface area contributed by atoms with E-state index in [-0.39, 0.29) is 29.9 Å². The molecule has 3 rings (SSSR count). The largest absolute Gasteiger partial charge is 0.508 e. The predicted molar refractivity (Wildman–Crippen MR) is 109 cm³/mol. The molecule has 0 amide bonds. The van der Waals surface area contributed by atoms with Crippen LogP contribution >= 0.6 is 12.4 Å². The van der Waals surface area contributed by atoms with Crippen molar-refractivity contribution in [3.05, 3.63) is 77.9 Å². The Bertz CT molecular complexity index is 878. The Kier molecular flexibility index (Phi) is 6.78. The van der Waals surface area contributed by atoms with E-state index in [1.165, 1.54) is 5.56 Å². The summed E-state index contributed by atoms with van der Waals surface area (Å²) in [6.07, 6.45) is 0.728. The standard InChI is InChI=1S/C22H23NO2.ClH/c1-23(2)15-20(12-16-6-4-3-5-7-16)22(25)19-9-8-18-14-21(24)11-10-17(18)13-19;/h3-11,13-14,20,24H,12,15H2,1-2H3;1H. The van der Waals surface area contributed by atoms with Crippen molar-refractivity contribution < 1.29 is 9.90 Å². The van der Waals surface area contributed by atoms with Crippen LogP contribution in [-0.4, -0.2) is 36.4 Å². The van der Waals surface area contributed by atoms with Crippen LogP contribution in [0.15, 0.2) is 66.7 Å². The second-order valence-electron chi connectivity index (χ2n) is 6.76. The van der Waals surface area contributed by atoms with E-state index in [0.717, 1.165) is 22.8 Å². The molecule has 0 radical (unpaired) electrons. The smallest absolute Gasteiger partial charge is 0.167 e. The molecule has 3 aromatic rings. The van der Waals surface area contributed by atoms with Crippen LogP contribution in [0.2, 0.25) is 0 Å². The first-order chi connectivity index (χ1) is 12.0. The lowest BCUT2D eigenvalue weighted by Gasteiger charge is -2.20. The average Bonchev–Trinajstić information content (AvgIpc) is 2.60. The molecule has 1 atom stereocenters. The summed E-state index contributed by atoms with van der Waals surface area (Å²) in [6.45, 7) is 0.710. The van der Waals surface area contributed by atoms with E-state index < -0.39 is 0 Å². The minimum atomic E-state index is -0.0908. The molecule has 26 heavy (non-hydrogen) atoms. The molecule has 3 nitrogen and oxygen atoms in total. The summed E-state index contributed by atoms with van der Waals surface area (Å²) >= 11 is 0. The van der Waals surface area contributed by atoms with Crippen molar-refractivity contribution in [1.82, 2.24) is 4.90 Å². The number of ketones is 1. The number of aromatic hydroxyl groups is 1. The molecule has 0 heterocycles. The summed E-state index contributed by atoms with van der Waals surface area (Å²) in [5.74, 6) is 0.306. The number of benzene rings is 3. The third-order valence-corrected chi connectivity index (χ3v) is 4.39. The zero-order valence-electron chi connectivity index (χ0n) is 15.1. The van der Waals surface area contributed by atoms with Crippen LogP contribution in [0.5, 0.6) is 5.75 Å². The van der Waals surface area contributed by atoms with E-state index in [2.05, 4.69) is 17.0 Å². The molecule has 136 valence electrons. The minimum absolute atomic E-state index is 0. The number of carbonyl (C=O) groups is 1. The number of phenols is 1. The molecule has 1 N–H and O–H groups in total. The molecule has 0 fully saturated rings. The van der Waals surface area contributed by atoms with Gasteiger partial charge in [-0.1, -0.05) is 48.5 Å². The average molecular weight is 370 g/mol. The van der Waals surface area contributed by atoms with E-state index in [4.69, 9.17) is 0 Å². The molecule has 4 heteroatoms. The number of phenolic OH excluding ortho intramolecular Hbond substituents is 1. The number of hydrogen-bond acceptors (Lipinski definition) is 3. The zero-order valence-corrected chi connectivity index (χ0v) is 15.9. The Balaban J connectivity index is 0.00000243. The van der Waals surface area contributed by atoms with Crippen molar-refractivity contribution in [2.24, 2.45) is 5.92 Å². The highest BCUT2D eigenvalue weighted by Gasteiger charge is 2.21. The quantitative estimate of drug-likeness (QED) is 0.647. The molecule has 0 aliphatic heterocycles. The van der Waals surface area contributed by atoms with Gasteiger partial charge in [-0.2, -0.15) is 0 Å². The first-order valence-corrected chi connectivity index (χ1v) is 8.48. The molecule has 0 aliphatic carbocycles. The van der Waals surface area contributed by atoms with Gasteiger partial charge in [0.25, 0.3) is 0 Å². The number of halogens is 1. The first kappa shape index (κ1) is 20.0. The van der Waals surface area contributed by atoms with Gasteiger partial charge in [-0.3, -0.25) is 4.79 Å². The maximum Gasteiger partial charge on any atom is 0.167 e. The molecule has 0 aliphatic rings. The van der Waals surface area contributed by atoms with Gasteiger partial charge in [0.05, 0.1) is 0 Å². The Morgan fingerprint density at radius 1 is 0.962 bits per heavy atom. The zero-order chi connectivity index (χ0) is 17.8. The molecular weight excluding hydrogens is 346 g/mol. The van der Waals surface area contributed by atoms with E-state index in [1.54, 1.807) is 12.1 Å². The molecule has 0 bridgehead atoms. The Morgan fingerprint density at radius 2 is 1.62 bits per heavy atom. The highest BCUT2D eigenvalue weighted by molar-refractivity contribution is 6.01. The lowest BCUT2D eigenvalue weighted by molar-refractivity contribution is 0.0897. The van der Waals surface area contributed by atoms with Crippen molar-refractivity contribution in [2.75, 3.05) is 20.6 Å². The molecule has 0 saturated carbocycles. The SMILES string of the molecule is CN(C)CC(Cc1ccccc1)C(=O)c1ccc2cc(O)ccc2c1.Cl. The second-order valence-corrected chi connectivity index (χ2v) is 6.76. The maximum absolute atomic E-state index is 13.1. The highest BCUT2D eigenvalue weighted by atomic mass is 35.5. The van der Waals surface area contributed by atoms with Crippen LogP contribution in [0.4, 0.5) is 0 Å². The van der Waals surface area contributed by atoms with Crippen molar-refractivity contribution in [2.45, 2.75) is 6.42 Å². The summed E-state index contributed by atoms with van der Waals surface area (Å²) in [4.78, 5) is 15.2. The van der Waals surface area contributed by atoms with Gasteiger partial charge in [0.1, 0.15) is 5.75 Å². The van der Waals surface area contributed by atoms with Gasteiger partial charge < -0.3 is 10.0 Å². The lowest BCUT2D eigenvalue weighted by atomic mass is 9.90. The predicted octanol–water partition coefficient (Wildman–Crippen LogP) is 4.57. The fraction of sp³-hybridized carbons (Fsp3) is 0.227.